The first-order valence-electron chi connectivity index (χ1n) is 4.57. The number of carboxylic acid groups (broad SMARTS) is 1. The van der Waals surface area contributed by atoms with Gasteiger partial charge in [-0.15, -0.1) is 0 Å². The van der Waals surface area contributed by atoms with E-state index in [1.165, 1.54) is 29.8 Å². The Kier molecular flexibility index (Phi) is 2.16. The van der Waals surface area contributed by atoms with Crippen LogP contribution in [0.3, 0.4) is 0 Å². The summed E-state index contributed by atoms with van der Waals surface area (Å²) in [5.41, 5.74) is -0.374. The number of phenolic OH excluding ortho intramolecular Hbond substituents is 1. The van der Waals surface area contributed by atoms with Crippen molar-refractivity contribution < 1.29 is 15.0 Å². The van der Waals surface area contributed by atoms with Gasteiger partial charge in [0.05, 0.1) is 5.52 Å². The highest BCUT2D eigenvalue weighted by atomic mass is 16.4. The third kappa shape index (κ3) is 1.42. The van der Waals surface area contributed by atoms with Crippen LogP contribution in [0.5, 0.6) is 5.75 Å². The van der Waals surface area contributed by atoms with Crippen LogP contribution in [0.4, 0.5) is 0 Å². The molecule has 0 aliphatic heterocycles. The zero-order chi connectivity index (χ0) is 11.9. The number of carboxylic acids is 1. The topological polar surface area (TPSA) is 79.5 Å². The lowest BCUT2D eigenvalue weighted by atomic mass is 10.1. The molecule has 0 saturated heterocycles. The van der Waals surface area contributed by atoms with Gasteiger partial charge in [0.15, 0.2) is 0 Å². The lowest BCUT2D eigenvalue weighted by molar-refractivity contribution is 0.0694. The van der Waals surface area contributed by atoms with E-state index in [0.29, 0.717) is 10.9 Å². The number of fused-ring (bicyclic) bond motifs is 1. The second-order valence-electron chi connectivity index (χ2n) is 3.47. The van der Waals surface area contributed by atoms with Gasteiger partial charge >= 0.3 is 5.97 Å². The first-order chi connectivity index (χ1) is 7.50. The standard InChI is InChI=1S/C11H9NO4/c1-12-9-5-7(13)3-2-6(9)4-8(10(12)14)11(15)16/h2-5,13H,1H3,(H,15,16). The molecule has 0 amide bonds. The highest BCUT2D eigenvalue weighted by Gasteiger charge is 2.12. The van der Waals surface area contributed by atoms with E-state index in [0.717, 1.165) is 0 Å². The fraction of sp³-hybridized carbons (Fsp3) is 0.0909. The van der Waals surface area contributed by atoms with Crippen molar-refractivity contribution in [3.8, 4) is 5.75 Å². The summed E-state index contributed by atoms with van der Waals surface area (Å²) in [6.07, 6.45) is 0. The van der Waals surface area contributed by atoms with Gasteiger partial charge in [-0.05, 0) is 23.6 Å². The summed E-state index contributed by atoms with van der Waals surface area (Å²) < 4.78 is 1.21. The first kappa shape index (κ1) is 10.2. The molecule has 5 heteroatoms. The molecule has 0 aliphatic rings. The van der Waals surface area contributed by atoms with Crippen LogP contribution in [0.25, 0.3) is 10.9 Å². The van der Waals surface area contributed by atoms with Crippen molar-refractivity contribution in [1.82, 2.24) is 4.57 Å². The first-order valence-corrected chi connectivity index (χ1v) is 4.57. The smallest absolute Gasteiger partial charge is 0.341 e. The molecule has 0 spiro atoms. The second-order valence-corrected chi connectivity index (χ2v) is 3.47. The van der Waals surface area contributed by atoms with Crippen molar-refractivity contribution >= 4 is 16.9 Å². The SMILES string of the molecule is Cn1c(=O)c(C(=O)O)cc2ccc(O)cc21. The zero-order valence-corrected chi connectivity index (χ0v) is 8.47. The van der Waals surface area contributed by atoms with Gasteiger partial charge in [-0.3, -0.25) is 4.79 Å². The van der Waals surface area contributed by atoms with Gasteiger partial charge in [0.1, 0.15) is 11.3 Å². The minimum atomic E-state index is -1.25. The monoisotopic (exact) mass is 219 g/mol. The van der Waals surface area contributed by atoms with Crippen molar-refractivity contribution in [1.29, 1.82) is 0 Å². The maximum absolute atomic E-state index is 11.6. The Bertz CT molecular complexity index is 642. The Morgan fingerprint density at radius 1 is 1.31 bits per heavy atom. The van der Waals surface area contributed by atoms with Crippen molar-refractivity contribution in [2.75, 3.05) is 0 Å². The third-order valence-corrected chi connectivity index (χ3v) is 2.44. The minimum absolute atomic E-state index is 0.0329. The molecular formula is C11H9NO4. The zero-order valence-electron chi connectivity index (χ0n) is 8.47. The molecule has 1 aromatic heterocycles. The predicted octanol–water partition coefficient (Wildman–Crippen LogP) is 0.942. The van der Waals surface area contributed by atoms with Crippen molar-refractivity contribution in [3.63, 3.8) is 0 Å². The number of aryl methyl sites for hydroxylation is 1. The molecule has 2 aromatic rings. The van der Waals surface area contributed by atoms with Crippen LogP contribution in [-0.4, -0.2) is 20.7 Å². The highest BCUT2D eigenvalue weighted by molar-refractivity contribution is 5.92. The number of nitrogens with zero attached hydrogens (tertiary/aromatic N) is 1. The molecule has 0 unspecified atom stereocenters. The van der Waals surface area contributed by atoms with Gasteiger partial charge in [-0.1, -0.05) is 0 Å². The Morgan fingerprint density at radius 3 is 2.62 bits per heavy atom. The lowest BCUT2D eigenvalue weighted by Gasteiger charge is -2.06. The summed E-state index contributed by atoms with van der Waals surface area (Å²) in [6.45, 7) is 0. The molecule has 0 radical (unpaired) electrons. The van der Waals surface area contributed by atoms with Gasteiger partial charge in [-0.2, -0.15) is 0 Å². The van der Waals surface area contributed by atoms with Crippen LogP contribution in [-0.2, 0) is 7.05 Å². The van der Waals surface area contributed by atoms with E-state index in [2.05, 4.69) is 0 Å². The maximum Gasteiger partial charge on any atom is 0.341 e. The molecular weight excluding hydrogens is 210 g/mol. The molecule has 0 fully saturated rings. The summed E-state index contributed by atoms with van der Waals surface area (Å²) in [7, 11) is 1.47. The molecule has 82 valence electrons. The molecule has 0 saturated carbocycles. The number of benzene rings is 1. The second kappa shape index (κ2) is 3.37. The molecule has 2 rings (SSSR count). The minimum Gasteiger partial charge on any atom is -0.508 e. The number of carbonyl (C=O) groups is 1. The average molecular weight is 219 g/mol. The normalized spacial score (nSPS) is 10.6. The van der Waals surface area contributed by atoms with E-state index >= 15 is 0 Å². The summed E-state index contributed by atoms with van der Waals surface area (Å²) in [6, 6.07) is 5.73. The van der Waals surface area contributed by atoms with Crippen molar-refractivity contribution in [3.05, 3.63) is 40.2 Å². The van der Waals surface area contributed by atoms with E-state index in [9.17, 15) is 14.7 Å². The average Bonchev–Trinajstić information content (AvgIpc) is 2.23. The molecule has 16 heavy (non-hydrogen) atoms. The van der Waals surface area contributed by atoms with E-state index in [1.54, 1.807) is 6.07 Å². The summed E-state index contributed by atoms with van der Waals surface area (Å²) in [5.74, 6) is -1.22. The summed E-state index contributed by atoms with van der Waals surface area (Å²) in [4.78, 5) is 22.5. The summed E-state index contributed by atoms with van der Waals surface area (Å²) in [5, 5.41) is 18.7. The van der Waals surface area contributed by atoms with E-state index < -0.39 is 11.5 Å². The highest BCUT2D eigenvalue weighted by Crippen LogP contribution is 2.18. The van der Waals surface area contributed by atoms with Crippen LogP contribution in [0.1, 0.15) is 10.4 Å². The molecule has 2 N–H and O–H groups in total. The third-order valence-electron chi connectivity index (χ3n) is 2.44. The molecule has 1 heterocycles. The van der Waals surface area contributed by atoms with E-state index in [-0.39, 0.29) is 11.3 Å². The van der Waals surface area contributed by atoms with Gasteiger partial charge in [0.25, 0.3) is 5.56 Å². The maximum atomic E-state index is 11.6. The molecule has 0 bridgehead atoms. The number of rotatable bonds is 1. The number of aromatic hydroxyl groups is 1. The number of pyridine rings is 1. The molecule has 0 atom stereocenters. The number of aromatic nitrogens is 1. The van der Waals surface area contributed by atoms with Crippen molar-refractivity contribution in [2.45, 2.75) is 0 Å². The van der Waals surface area contributed by atoms with Crippen LogP contribution in [0.2, 0.25) is 0 Å². The largest absolute Gasteiger partial charge is 0.508 e. The van der Waals surface area contributed by atoms with Crippen LogP contribution in [0.15, 0.2) is 29.1 Å². The Hall–Kier alpha value is -2.30. The van der Waals surface area contributed by atoms with Crippen LogP contribution in [0, 0.1) is 0 Å². The Morgan fingerprint density at radius 2 is 2.00 bits per heavy atom. The van der Waals surface area contributed by atoms with Gasteiger partial charge in [-0.25, -0.2) is 4.79 Å². The Labute approximate surface area is 90.2 Å². The quantitative estimate of drug-likeness (QED) is 0.748. The van der Waals surface area contributed by atoms with Crippen LogP contribution >= 0.6 is 0 Å². The van der Waals surface area contributed by atoms with Gasteiger partial charge in [0, 0.05) is 13.1 Å². The lowest BCUT2D eigenvalue weighted by Crippen LogP contribution is -2.24. The Balaban J connectivity index is 2.94. The van der Waals surface area contributed by atoms with E-state index in [4.69, 9.17) is 5.11 Å². The van der Waals surface area contributed by atoms with Gasteiger partial charge < -0.3 is 14.8 Å². The number of hydrogen-bond donors (Lipinski definition) is 2. The van der Waals surface area contributed by atoms with E-state index in [1.807, 2.05) is 0 Å². The molecule has 1 aromatic carbocycles. The number of hydrogen-bond acceptors (Lipinski definition) is 3. The summed E-state index contributed by atoms with van der Waals surface area (Å²) >= 11 is 0. The predicted molar refractivity (Wildman–Crippen MR) is 57.8 cm³/mol. The van der Waals surface area contributed by atoms with Crippen molar-refractivity contribution in [2.24, 2.45) is 7.05 Å². The van der Waals surface area contributed by atoms with Crippen LogP contribution < -0.4 is 5.56 Å². The fourth-order valence-corrected chi connectivity index (χ4v) is 1.61. The number of phenols is 1. The molecule has 5 nitrogen and oxygen atoms in total. The van der Waals surface area contributed by atoms with Gasteiger partial charge in [0.2, 0.25) is 0 Å². The number of aromatic carboxylic acids is 1. The molecule has 0 aliphatic carbocycles. The fourth-order valence-electron chi connectivity index (χ4n) is 1.61.